The Bertz CT molecular complexity index is 1370. The van der Waals surface area contributed by atoms with Crippen molar-refractivity contribution in [2.75, 3.05) is 0 Å². The van der Waals surface area contributed by atoms with Crippen LogP contribution >= 0.6 is 0 Å². The molecule has 2 aromatic rings. The minimum atomic E-state index is -1.09. The lowest BCUT2D eigenvalue weighted by atomic mass is 10.0. The van der Waals surface area contributed by atoms with E-state index < -0.39 is 77.6 Å². The molecule has 15 nitrogen and oxygen atoms in total. The highest BCUT2D eigenvalue weighted by Gasteiger charge is 2.28. The maximum atomic E-state index is 13.0. The van der Waals surface area contributed by atoms with Crippen molar-refractivity contribution in [1.29, 1.82) is 0 Å². The molecule has 0 aliphatic rings. The van der Waals surface area contributed by atoms with E-state index in [0.717, 1.165) is 16.5 Å². The molecule has 2 rings (SSSR count). The van der Waals surface area contributed by atoms with E-state index in [0.29, 0.717) is 0 Å². The van der Waals surface area contributed by atoms with E-state index in [1.54, 1.807) is 6.20 Å². The Morgan fingerprint density at radius 3 is 1.51 bits per heavy atom. The van der Waals surface area contributed by atoms with Crippen molar-refractivity contribution in [3.8, 4) is 0 Å². The SMILES string of the molecule is CC(=O)N[C@@H](Cc1c[nH]c2ccccc12)C(=O)N[C@@H](C)C(=O)N[C@@H](C)C(=O)N[C@@H](C)C(=O)N[C@@H](C)C(=O)N[C@@H](C)C(N)=O. The molecule has 6 atom stereocenters. The van der Waals surface area contributed by atoms with E-state index in [2.05, 4.69) is 36.9 Å². The number of fused-ring (bicyclic) bond motifs is 1. The molecule has 0 saturated heterocycles. The van der Waals surface area contributed by atoms with Crippen LogP contribution in [0.5, 0.6) is 0 Å². The number of nitrogens with two attached hydrogens (primary N) is 1. The minimum absolute atomic E-state index is 0.174. The van der Waals surface area contributed by atoms with Crippen molar-refractivity contribution in [3.63, 3.8) is 0 Å². The Labute approximate surface area is 248 Å². The van der Waals surface area contributed by atoms with Gasteiger partial charge in [0.2, 0.25) is 41.4 Å². The molecule has 0 bridgehead atoms. The number of hydrogen-bond acceptors (Lipinski definition) is 7. The monoisotopic (exact) mass is 600 g/mol. The molecule has 43 heavy (non-hydrogen) atoms. The van der Waals surface area contributed by atoms with Crippen LogP contribution in [-0.2, 0) is 40.0 Å². The second-order valence-electron chi connectivity index (χ2n) is 10.4. The van der Waals surface area contributed by atoms with Gasteiger partial charge >= 0.3 is 0 Å². The van der Waals surface area contributed by atoms with Crippen molar-refractivity contribution in [1.82, 2.24) is 36.9 Å². The van der Waals surface area contributed by atoms with Crippen molar-refractivity contribution in [3.05, 3.63) is 36.0 Å². The van der Waals surface area contributed by atoms with Gasteiger partial charge in [-0.15, -0.1) is 0 Å². The topological polar surface area (TPSA) is 233 Å². The number of aromatic amines is 1. The number of benzene rings is 1. The predicted octanol–water partition coefficient (Wildman–Crippen LogP) is -1.78. The number of aromatic nitrogens is 1. The first-order chi connectivity index (χ1) is 20.1. The van der Waals surface area contributed by atoms with Gasteiger partial charge in [-0.05, 0) is 46.2 Å². The Hall–Kier alpha value is -4.95. The van der Waals surface area contributed by atoms with Crippen LogP contribution in [0.15, 0.2) is 30.5 Å². The Morgan fingerprint density at radius 1 is 0.651 bits per heavy atom. The average molecular weight is 601 g/mol. The number of carbonyl (C=O) groups is 7. The van der Waals surface area contributed by atoms with Gasteiger partial charge in [-0.3, -0.25) is 33.6 Å². The molecule has 0 unspecified atom stereocenters. The smallest absolute Gasteiger partial charge is 0.243 e. The number of rotatable bonds is 14. The lowest BCUT2D eigenvalue weighted by Gasteiger charge is -2.23. The number of amides is 7. The second kappa shape index (κ2) is 15.3. The third-order valence-electron chi connectivity index (χ3n) is 6.59. The van der Waals surface area contributed by atoms with Crippen molar-refractivity contribution < 1.29 is 33.6 Å². The maximum absolute atomic E-state index is 13.0. The highest BCUT2D eigenvalue weighted by atomic mass is 16.2. The molecule has 0 fully saturated rings. The van der Waals surface area contributed by atoms with Crippen LogP contribution in [0.2, 0.25) is 0 Å². The second-order valence-corrected chi connectivity index (χ2v) is 10.4. The summed E-state index contributed by atoms with van der Waals surface area (Å²) in [5.41, 5.74) is 6.79. The molecule has 1 aromatic carbocycles. The van der Waals surface area contributed by atoms with Crippen molar-refractivity contribution in [2.24, 2.45) is 5.73 Å². The van der Waals surface area contributed by atoms with Gasteiger partial charge in [-0.2, -0.15) is 0 Å². The van der Waals surface area contributed by atoms with E-state index in [1.165, 1.54) is 41.5 Å². The van der Waals surface area contributed by atoms with E-state index in [1.807, 2.05) is 24.3 Å². The van der Waals surface area contributed by atoms with Crippen LogP contribution in [0.3, 0.4) is 0 Å². The first kappa shape index (κ1) is 34.3. The zero-order chi connectivity index (χ0) is 32.4. The molecule has 0 aliphatic heterocycles. The number of hydrogen-bond donors (Lipinski definition) is 8. The standard InChI is InChI=1S/C28H40N8O7/c1-13(23(29)38)31-24(39)14(2)32-25(40)15(3)33-26(41)16(4)34-27(42)17(5)35-28(43)22(36-18(6)37)11-19-12-30-21-10-8-7-9-20(19)21/h7-10,12-17,22,30H,11H2,1-6H3,(H2,29,38)(H,31,39)(H,32,40)(H,33,41)(H,34,42)(H,35,43)(H,36,37)/t13-,14-,15-,16-,17-,22-/m0/s1. The molecule has 0 spiro atoms. The van der Waals surface area contributed by atoms with Crippen LogP contribution < -0.4 is 37.6 Å². The summed E-state index contributed by atoms with van der Waals surface area (Å²) in [5.74, 6) is -4.43. The summed E-state index contributed by atoms with van der Waals surface area (Å²) in [6, 6.07) is 1.36. The maximum Gasteiger partial charge on any atom is 0.243 e. The van der Waals surface area contributed by atoms with E-state index >= 15 is 0 Å². The summed E-state index contributed by atoms with van der Waals surface area (Å²) < 4.78 is 0. The zero-order valence-corrected chi connectivity index (χ0v) is 25.0. The van der Waals surface area contributed by atoms with Gasteiger partial charge in [-0.25, -0.2) is 0 Å². The fourth-order valence-corrected chi connectivity index (χ4v) is 3.98. The Kier molecular flexibility index (Phi) is 12.2. The molecular weight excluding hydrogens is 560 g/mol. The quantitative estimate of drug-likeness (QED) is 0.124. The first-order valence-electron chi connectivity index (χ1n) is 13.7. The third kappa shape index (κ3) is 10.1. The van der Waals surface area contributed by atoms with Crippen LogP contribution in [0.25, 0.3) is 10.9 Å². The molecule has 0 saturated carbocycles. The number of nitrogens with one attached hydrogen (secondary N) is 7. The van der Waals surface area contributed by atoms with Gasteiger partial charge in [0.1, 0.15) is 36.3 Å². The zero-order valence-electron chi connectivity index (χ0n) is 25.0. The molecule has 234 valence electrons. The Morgan fingerprint density at radius 2 is 1.07 bits per heavy atom. The molecule has 1 heterocycles. The van der Waals surface area contributed by atoms with Gasteiger partial charge in [0.25, 0.3) is 0 Å². The van der Waals surface area contributed by atoms with Crippen LogP contribution in [0, 0.1) is 0 Å². The number of para-hydroxylation sites is 1. The average Bonchev–Trinajstić information content (AvgIpc) is 3.34. The predicted molar refractivity (Wildman–Crippen MR) is 157 cm³/mol. The lowest BCUT2D eigenvalue weighted by molar-refractivity contribution is -0.134. The minimum Gasteiger partial charge on any atom is -0.368 e. The van der Waals surface area contributed by atoms with Gasteiger partial charge < -0.3 is 42.6 Å². The van der Waals surface area contributed by atoms with E-state index in [-0.39, 0.29) is 6.42 Å². The number of primary amides is 1. The molecule has 15 heteroatoms. The molecular formula is C28H40N8O7. The van der Waals surface area contributed by atoms with Gasteiger partial charge in [-0.1, -0.05) is 18.2 Å². The number of H-pyrrole nitrogens is 1. The fourth-order valence-electron chi connectivity index (χ4n) is 3.98. The third-order valence-corrected chi connectivity index (χ3v) is 6.59. The van der Waals surface area contributed by atoms with Crippen LogP contribution in [0.1, 0.15) is 47.1 Å². The van der Waals surface area contributed by atoms with Gasteiger partial charge in [0.15, 0.2) is 0 Å². The molecule has 7 amide bonds. The molecule has 0 radical (unpaired) electrons. The van der Waals surface area contributed by atoms with Crippen molar-refractivity contribution >= 4 is 52.3 Å². The summed E-state index contributed by atoms with van der Waals surface area (Å²) in [4.78, 5) is 89.0. The lowest BCUT2D eigenvalue weighted by Crippen LogP contribution is -2.57. The van der Waals surface area contributed by atoms with Crippen LogP contribution in [-0.4, -0.2) is 82.6 Å². The first-order valence-corrected chi connectivity index (χ1v) is 13.7. The molecule has 0 aliphatic carbocycles. The summed E-state index contributed by atoms with van der Waals surface area (Å²) in [6.07, 6.45) is 1.93. The molecule has 1 aromatic heterocycles. The summed E-state index contributed by atoms with van der Waals surface area (Å²) in [5, 5.41) is 15.7. The van der Waals surface area contributed by atoms with E-state index in [4.69, 9.17) is 5.73 Å². The summed E-state index contributed by atoms with van der Waals surface area (Å²) in [7, 11) is 0. The normalized spacial score (nSPS) is 15.0. The highest BCUT2D eigenvalue weighted by Crippen LogP contribution is 2.19. The van der Waals surface area contributed by atoms with Crippen molar-refractivity contribution in [2.45, 2.75) is 84.2 Å². The van der Waals surface area contributed by atoms with Gasteiger partial charge in [0.05, 0.1) is 0 Å². The molecule has 9 N–H and O–H groups in total. The number of carbonyl (C=O) groups excluding carboxylic acids is 7. The van der Waals surface area contributed by atoms with Gasteiger partial charge in [0, 0.05) is 30.4 Å². The van der Waals surface area contributed by atoms with E-state index in [9.17, 15) is 33.6 Å². The Balaban J connectivity index is 1.90. The summed E-state index contributed by atoms with van der Waals surface area (Å²) >= 11 is 0. The highest BCUT2D eigenvalue weighted by molar-refractivity contribution is 5.96. The fraction of sp³-hybridized carbons (Fsp3) is 0.464. The summed E-state index contributed by atoms with van der Waals surface area (Å²) in [6.45, 7) is 8.28. The van der Waals surface area contributed by atoms with Crippen LogP contribution in [0.4, 0.5) is 0 Å². The largest absolute Gasteiger partial charge is 0.368 e.